The maximum atomic E-state index is 13.6. The predicted molar refractivity (Wildman–Crippen MR) is 139 cm³/mol. The molecule has 3 aliphatic rings. The third kappa shape index (κ3) is 5.63. The van der Waals surface area contributed by atoms with Gasteiger partial charge >= 0.3 is 0 Å². The molecule has 1 atom stereocenters. The number of ether oxygens (including phenoxy) is 1. The van der Waals surface area contributed by atoms with E-state index in [2.05, 4.69) is 30.7 Å². The van der Waals surface area contributed by atoms with Gasteiger partial charge in [0.25, 0.3) is 0 Å². The highest BCUT2D eigenvalue weighted by molar-refractivity contribution is 7.89. The molecule has 1 aliphatic carbocycles. The molecule has 1 N–H and O–H groups in total. The van der Waals surface area contributed by atoms with E-state index in [9.17, 15) is 13.2 Å². The number of carbonyl (C=O) groups excluding carboxylic acids is 1. The smallest absolute Gasteiger partial charge is 0.243 e. The minimum atomic E-state index is -3.66. The van der Waals surface area contributed by atoms with Crippen molar-refractivity contribution in [1.29, 1.82) is 0 Å². The van der Waals surface area contributed by atoms with Gasteiger partial charge in [0.2, 0.25) is 15.9 Å². The second-order valence-corrected chi connectivity index (χ2v) is 13.9. The molecule has 8 nitrogen and oxygen atoms in total. The fraction of sp³-hybridized carbons (Fsp3) is 0.704. The Labute approximate surface area is 214 Å². The highest BCUT2D eigenvalue weighted by Crippen LogP contribution is 2.32. The molecule has 0 spiro atoms. The van der Waals surface area contributed by atoms with E-state index in [1.54, 1.807) is 16.4 Å². The lowest BCUT2D eigenvalue weighted by atomic mass is 9.94. The van der Waals surface area contributed by atoms with Crippen LogP contribution >= 0.6 is 0 Å². The highest BCUT2D eigenvalue weighted by Gasteiger charge is 2.33. The Kier molecular flexibility index (Phi) is 7.18. The van der Waals surface area contributed by atoms with Gasteiger partial charge in [-0.2, -0.15) is 4.31 Å². The normalized spacial score (nSPS) is 22.7. The zero-order chi connectivity index (χ0) is 25.5. The van der Waals surface area contributed by atoms with E-state index in [0.717, 1.165) is 75.1 Å². The van der Waals surface area contributed by atoms with Crippen LogP contribution in [0.25, 0.3) is 11.0 Å². The van der Waals surface area contributed by atoms with Gasteiger partial charge in [-0.3, -0.25) is 4.79 Å². The number of sulfonamides is 1. The Morgan fingerprint density at radius 1 is 1.11 bits per heavy atom. The van der Waals surface area contributed by atoms with E-state index in [1.807, 2.05) is 6.07 Å². The summed E-state index contributed by atoms with van der Waals surface area (Å²) in [4.78, 5) is 17.5. The molecule has 1 saturated carbocycles. The third-order valence-electron chi connectivity index (χ3n) is 7.71. The van der Waals surface area contributed by atoms with Crippen molar-refractivity contribution in [2.75, 3.05) is 26.3 Å². The number of benzene rings is 1. The summed E-state index contributed by atoms with van der Waals surface area (Å²) in [6, 6.07) is 5.73. The first kappa shape index (κ1) is 25.7. The predicted octanol–water partition coefficient (Wildman–Crippen LogP) is 3.83. The minimum Gasteiger partial charge on any atom is -0.381 e. The number of carbonyl (C=O) groups is 1. The molecule has 5 rings (SSSR count). The van der Waals surface area contributed by atoms with Gasteiger partial charge in [0.1, 0.15) is 5.82 Å². The Morgan fingerprint density at radius 2 is 1.86 bits per heavy atom. The zero-order valence-corrected chi connectivity index (χ0v) is 22.6. The van der Waals surface area contributed by atoms with Gasteiger partial charge in [0.05, 0.1) is 15.9 Å². The molecule has 0 radical (unpaired) electrons. The summed E-state index contributed by atoms with van der Waals surface area (Å²) in [5, 5.41) is 3.03. The maximum absolute atomic E-state index is 13.6. The van der Waals surface area contributed by atoms with E-state index in [0.29, 0.717) is 31.5 Å². The first-order chi connectivity index (χ1) is 17.1. The van der Waals surface area contributed by atoms with Gasteiger partial charge in [-0.15, -0.1) is 0 Å². The molecule has 2 aliphatic heterocycles. The van der Waals surface area contributed by atoms with Crippen molar-refractivity contribution >= 4 is 27.0 Å². The van der Waals surface area contributed by atoms with Crippen LogP contribution in [0.2, 0.25) is 0 Å². The van der Waals surface area contributed by atoms with Gasteiger partial charge in [-0.25, -0.2) is 13.4 Å². The molecule has 2 aromatic rings. The summed E-state index contributed by atoms with van der Waals surface area (Å²) in [7, 11) is -3.66. The number of hydrogen-bond acceptors (Lipinski definition) is 5. The average molecular weight is 517 g/mol. The molecule has 1 unspecified atom stereocenters. The molecule has 0 bridgehead atoms. The second-order valence-electron chi connectivity index (χ2n) is 11.9. The van der Waals surface area contributed by atoms with Gasteiger partial charge in [0, 0.05) is 50.7 Å². The van der Waals surface area contributed by atoms with Crippen LogP contribution in [0.15, 0.2) is 23.1 Å². The number of nitrogens with zero attached hydrogens (tertiary/aromatic N) is 3. The molecule has 2 saturated heterocycles. The van der Waals surface area contributed by atoms with Crippen molar-refractivity contribution in [2.24, 2.45) is 11.8 Å². The number of fused-ring (bicyclic) bond motifs is 1. The van der Waals surface area contributed by atoms with Crippen LogP contribution in [-0.4, -0.2) is 60.5 Å². The topological polar surface area (TPSA) is 93.5 Å². The summed E-state index contributed by atoms with van der Waals surface area (Å²) in [6.07, 6.45) is 6.23. The van der Waals surface area contributed by atoms with E-state index in [1.165, 1.54) is 0 Å². The summed E-state index contributed by atoms with van der Waals surface area (Å²) < 4.78 is 36.7. The lowest BCUT2D eigenvalue weighted by molar-refractivity contribution is -0.122. The molecule has 1 aromatic carbocycles. The molecule has 1 aromatic heterocycles. The number of hydrogen-bond donors (Lipinski definition) is 1. The Balaban J connectivity index is 1.38. The first-order valence-electron chi connectivity index (χ1n) is 13.5. The lowest BCUT2D eigenvalue weighted by Gasteiger charge is -2.31. The van der Waals surface area contributed by atoms with Crippen LogP contribution in [0.5, 0.6) is 0 Å². The molecular weight excluding hydrogens is 476 g/mol. The van der Waals surface area contributed by atoms with Crippen molar-refractivity contribution in [1.82, 2.24) is 19.2 Å². The van der Waals surface area contributed by atoms with Crippen LogP contribution < -0.4 is 5.32 Å². The SMILES string of the molecule is CC(C)(C)c1nc2cc(S(=O)(=O)N3CCCC(CC(=O)NC4CC4)C3)ccc2n1CC1CCOCC1. The van der Waals surface area contributed by atoms with Gasteiger partial charge in [0.15, 0.2) is 0 Å². The third-order valence-corrected chi connectivity index (χ3v) is 9.57. The highest BCUT2D eigenvalue weighted by atomic mass is 32.2. The zero-order valence-electron chi connectivity index (χ0n) is 21.8. The molecule has 3 fully saturated rings. The van der Waals surface area contributed by atoms with E-state index < -0.39 is 10.0 Å². The molecule has 36 heavy (non-hydrogen) atoms. The molecule has 1 amide bonds. The van der Waals surface area contributed by atoms with E-state index in [4.69, 9.17) is 9.72 Å². The first-order valence-corrected chi connectivity index (χ1v) is 14.9. The summed E-state index contributed by atoms with van der Waals surface area (Å²) in [5.41, 5.74) is 1.55. The van der Waals surface area contributed by atoms with E-state index in [-0.39, 0.29) is 22.1 Å². The van der Waals surface area contributed by atoms with Crippen molar-refractivity contribution in [3.8, 4) is 0 Å². The number of piperidine rings is 1. The number of rotatable bonds is 7. The Hall–Kier alpha value is -1.97. The minimum absolute atomic E-state index is 0.0490. The fourth-order valence-corrected chi connectivity index (χ4v) is 7.13. The molecule has 3 heterocycles. The standard InChI is InChI=1S/C27H40N4O4S/c1-27(2,3)26-29-23-16-22(8-9-24(23)31(26)18-19-10-13-35-14-11-19)36(33,34)30-12-4-5-20(17-30)15-25(32)28-21-6-7-21/h8-9,16,19-21H,4-7,10-15,17-18H2,1-3H3,(H,28,32). The summed E-state index contributed by atoms with van der Waals surface area (Å²) >= 11 is 0. The van der Waals surface area contributed by atoms with Crippen molar-refractivity contribution in [3.05, 3.63) is 24.0 Å². The number of imidazole rings is 1. The average Bonchev–Trinajstić information content (AvgIpc) is 3.57. The summed E-state index contributed by atoms with van der Waals surface area (Å²) in [5.74, 6) is 1.62. The second kappa shape index (κ2) is 10.1. The fourth-order valence-electron chi connectivity index (χ4n) is 5.55. The van der Waals surface area contributed by atoms with Crippen LogP contribution in [0.3, 0.4) is 0 Å². The monoisotopic (exact) mass is 516 g/mol. The van der Waals surface area contributed by atoms with Crippen molar-refractivity contribution in [3.63, 3.8) is 0 Å². The molecule has 198 valence electrons. The largest absolute Gasteiger partial charge is 0.381 e. The quantitative estimate of drug-likeness (QED) is 0.604. The van der Waals surface area contributed by atoms with Crippen LogP contribution in [0, 0.1) is 11.8 Å². The van der Waals surface area contributed by atoms with Crippen LogP contribution in [0.1, 0.15) is 71.5 Å². The van der Waals surface area contributed by atoms with Crippen LogP contribution in [0.4, 0.5) is 0 Å². The molecule has 9 heteroatoms. The molecular formula is C27H40N4O4S. The van der Waals surface area contributed by atoms with Crippen LogP contribution in [-0.2, 0) is 31.5 Å². The van der Waals surface area contributed by atoms with Gasteiger partial charge in [-0.1, -0.05) is 20.8 Å². The number of amides is 1. The van der Waals surface area contributed by atoms with E-state index >= 15 is 0 Å². The Bertz CT molecular complexity index is 1210. The van der Waals surface area contributed by atoms with Gasteiger partial charge < -0.3 is 14.6 Å². The lowest BCUT2D eigenvalue weighted by Crippen LogP contribution is -2.41. The van der Waals surface area contributed by atoms with Crippen molar-refractivity contribution < 1.29 is 17.9 Å². The Morgan fingerprint density at radius 3 is 2.56 bits per heavy atom. The maximum Gasteiger partial charge on any atom is 0.243 e. The van der Waals surface area contributed by atoms with Crippen molar-refractivity contribution in [2.45, 2.75) is 88.6 Å². The summed E-state index contributed by atoms with van der Waals surface area (Å²) in [6.45, 7) is 9.80. The number of nitrogens with one attached hydrogen (secondary N) is 1. The number of aromatic nitrogens is 2. The van der Waals surface area contributed by atoms with Gasteiger partial charge in [-0.05, 0) is 68.6 Å².